The van der Waals surface area contributed by atoms with Crippen molar-refractivity contribution in [3.63, 3.8) is 0 Å². The van der Waals surface area contributed by atoms with Gasteiger partial charge in [-0.25, -0.2) is 0 Å². The Hall–Kier alpha value is -2.18. The van der Waals surface area contributed by atoms with Crippen molar-refractivity contribution in [1.82, 2.24) is 5.32 Å². The van der Waals surface area contributed by atoms with Crippen LogP contribution in [0, 0.1) is 0 Å². The third kappa shape index (κ3) is 4.93. The average molecular weight is 391 g/mol. The maximum atomic E-state index is 12.2. The second-order valence-electron chi connectivity index (χ2n) is 5.70. The van der Waals surface area contributed by atoms with Gasteiger partial charge in [-0.3, -0.25) is 9.59 Å². The van der Waals surface area contributed by atoms with Crippen molar-refractivity contribution in [3.8, 4) is 5.75 Å². The second-order valence-corrected chi connectivity index (χ2v) is 7.16. The Morgan fingerprint density at radius 3 is 2.77 bits per heavy atom. The maximum Gasteiger partial charge on any atom is 0.237 e. The molecule has 2 aromatic rings. The zero-order valence-electron chi connectivity index (χ0n) is 14.1. The molecule has 3 rings (SSSR count). The Morgan fingerprint density at radius 2 is 1.96 bits per heavy atom. The Balaban J connectivity index is 1.41. The van der Waals surface area contributed by atoms with E-state index in [0.717, 1.165) is 10.6 Å². The lowest BCUT2D eigenvalue weighted by Gasteiger charge is -2.28. The van der Waals surface area contributed by atoms with E-state index in [1.807, 2.05) is 24.3 Å². The van der Waals surface area contributed by atoms with Crippen molar-refractivity contribution < 1.29 is 14.3 Å². The number of carbonyl (C=O) groups excluding carboxylic acids is 2. The van der Waals surface area contributed by atoms with Crippen LogP contribution < -0.4 is 15.0 Å². The number of carbonyl (C=O) groups is 2. The van der Waals surface area contributed by atoms with Crippen LogP contribution in [0.25, 0.3) is 0 Å². The number of benzene rings is 2. The van der Waals surface area contributed by atoms with E-state index in [1.54, 1.807) is 29.2 Å². The number of amides is 2. The first-order valence-corrected chi connectivity index (χ1v) is 9.67. The molecule has 0 radical (unpaired) electrons. The summed E-state index contributed by atoms with van der Waals surface area (Å²) in [6.07, 6.45) is 0.256. The zero-order valence-corrected chi connectivity index (χ0v) is 15.7. The summed E-state index contributed by atoms with van der Waals surface area (Å²) in [4.78, 5) is 27.0. The Bertz CT molecular complexity index is 783. The van der Waals surface area contributed by atoms with E-state index in [-0.39, 0.29) is 18.2 Å². The van der Waals surface area contributed by atoms with Crippen LogP contribution in [0.15, 0.2) is 53.4 Å². The molecule has 0 bridgehead atoms. The van der Waals surface area contributed by atoms with Crippen molar-refractivity contribution in [3.05, 3.63) is 53.6 Å². The van der Waals surface area contributed by atoms with E-state index in [1.165, 1.54) is 11.8 Å². The smallest absolute Gasteiger partial charge is 0.237 e. The van der Waals surface area contributed by atoms with Gasteiger partial charge in [0.1, 0.15) is 12.4 Å². The number of halogens is 1. The van der Waals surface area contributed by atoms with Gasteiger partial charge in [0.2, 0.25) is 11.8 Å². The molecule has 0 spiro atoms. The number of nitrogens with zero attached hydrogens (tertiary/aromatic N) is 1. The van der Waals surface area contributed by atoms with Gasteiger partial charge in [-0.05, 0) is 36.4 Å². The first-order valence-electron chi connectivity index (χ1n) is 8.31. The molecule has 136 valence electrons. The minimum Gasteiger partial charge on any atom is -0.492 e. The Kier molecular flexibility index (Phi) is 6.41. The van der Waals surface area contributed by atoms with Crippen molar-refractivity contribution in [2.75, 3.05) is 30.3 Å². The highest BCUT2D eigenvalue weighted by molar-refractivity contribution is 8.00. The summed E-state index contributed by atoms with van der Waals surface area (Å²) >= 11 is 7.35. The summed E-state index contributed by atoms with van der Waals surface area (Å²) < 4.78 is 5.53. The molecule has 0 aliphatic carbocycles. The number of thioether (sulfide) groups is 1. The van der Waals surface area contributed by atoms with Crippen LogP contribution in [0.2, 0.25) is 5.02 Å². The molecule has 0 atom stereocenters. The van der Waals surface area contributed by atoms with E-state index in [2.05, 4.69) is 5.32 Å². The summed E-state index contributed by atoms with van der Waals surface area (Å²) in [5.41, 5.74) is 0.882. The van der Waals surface area contributed by atoms with Crippen LogP contribution >= 0.6 is 23.4 Å². The number of hydrogen-bond donors (Lipinski definition) is 1. The van der Waals surface area contributed by atoms with Crippen molar-refractivity contribution >= 4 is 40.9 Å². The molecule has 5 nitrogen and oxygen atoms in total. The van der Waals surface area contributed by atoms with Crippen LogP contribution in [-0.2, 0) is 9.59 Å². The molecule has 1 N–H and O–H groups in total. The summed E-state index contributed by atoms with van der Waals surface area (Å²) in [7, 11) is 0. The number of ether oxygens (including phenoxy) is 1. The van der Waals surface area contributed by atoms with Crippen LogP contribution in [-0.4, -0.2) is 37.3 Å². The van der Waals surface area contributed by atoms with E-state index < -0.39 is 0 Å². The fourth-order valence-corrected chi connectivity index (χ4v) is 3.65. The van der Waals surface area contributed by atoms with Gasteiger partial charge in [0.15, 0.2) is 0 Å². The number of hydrogen-bond acceptors (Lipinski definition) is 4. The van der Waals surface area contributed by atoms with Gasteiger partial charge in [0, 0.05) is 22.9 Å². The largest absolute Gasteiger partial charge is 0.492 e. The van der Waals surface area contributed by atoms with E-state index >= 15 is 0 Å². The third-order valence-electron chi connectivity index (χ3n) is 3.88. The quantitative estimate of drug-likeness (QED) is 0.736. The molecule has 26 heavy (non-hydrogen) atoms. The van der Waals surface area contributed by atoms with Gasteiger partial charge in [0.05, 0.1) is 18.0 Å². The Morgan fingerprint density at radius 1 is 1.19 bits per heavy atom. The molecule has 1 heterocycles. The predicted octanol–water partition coefficient (Wildman–Crippen LogP) is 3.36. The fraction of sp³-hybridized carbons (Fsp3) is 0.263. The molecule has 0 unspecified atom stereocenters. The van der Waals surface area contributed by atoms with Crippen LogP contribution in [0.4, 0.5) is 5.69 Å². The molecular weight excluding hydrogens is 372 g/mol. The van der Waals surface area contributed by atoms with Gasteiger partial charge in [-0.15, -0.1) is 11.8 Å². The van der Waals surface area contributed by atoms with E-state index in [4.69, 9.17) is 16.3 Å². The number of para-hydroxylation sites is 1. The highest BCUT2D eigenvalue weighted by atomic mass is 35.5. The highest BCUT2D eigenvalue weighted by Crippen LogP contribution is 2.34. The van der Waals surface area contributed by atoms with Crippen molar-refractivity contribution in [1.29, 1.82) is 0 Å². The predicted molar refractivity (Wildman–Crippen MR) is 104 cm³/mol. The van der Waals surface area contributed by atoms with Gasteiger partial charge >= 0.3 is 0 Å². The molecule has 0 aromatic heterocycles. The lowest BCUT2D eigenvalue weighted by Crippen LogP contribution is -2.39. The number of fused-ring (bicyclic) bond motifs is 1. The zero-order chi connectivity index (χ0) is 18.4. The number of nitrogens with one attached hydrogen (secondary N) is 1. The minimum atomic E-state index is -0.104. The average Bonchev–Trinajstić information content (AvgIpc) is 2.66. The molecule has 0 saturated carbocycles. The lowest BCUT2D eigenvalue weighted by atomic mass is 10.2. The molecule has 1 aliphatic rings. The highest BCUT2D eigenvalue weighted by Gasteiger charge is 2.24. The van der Waals surface area contributed by atoms with Crippen LogP contribution in [0.1, 0.15) is 6.42 Å². The van der Waals surface area contributed by atoms with E-state index in [9.17, 15) is 9.59 Å². The topological polar surface area (TPSA) is 58.6 Å². The lowest BCUT2D eigenvalue weighted by molar-refractivity contribution is -0.121. The van der Waals surface area contributed by atoms with Crippen LogP contribution in [0.3, 0.4) is 0 Å². The molecule has 2 aromatic carbocycles. The molecule has 2 amide bonds. The standard InChI is InChI=1S/C19H19ClN2O3S/c20-14-5-7-15(8-6-14)25-12-10-21-18(23)9-11-22-16-3-1-2-4-17(16)26-13-19(22)24/h1-8H,9-13H2,(H,21,23). The molecule has 7 heteroatoms. The first kappa shape index (κ1) is 18.6. The first-order chi connectivity index (χ1) is 12.6. The minimum absolute atomic E-state index is 0.0348. The second kappa shape index (κ2) is 8.96. The van der Waals surface area contributed by atoms with Gasteiger partial charge in [0.25, 0.3) is 0 Å². The van der Waals surface area contributed by atoms with Gasteiger partial charge < -0.3 is 15.0 Å². The normalized spacial score (nSPS) is 13.3. The summed E-state index contributed by atoms with van der Waals surface area (Å²) in [6.45, 7) is 1.15. The van der Waals surface area contributed by atoms with Crippen LogP contribution in [0.5, 0.6) is 5.75 Å². The SMILES string of the molecule is O=C(CCN1C(=O)CSc2ccccc21)NCCOc1ccc(Cl)cc1. The fourth-order valence-electron chi connectivity index (χ4n) is 2.59. The number of anilines is 1. The summed E-state index contributed by atoms with van der Waals surface area (Å²) in [5, 5.41) is 3.46. The maximum absolute atomic E-state index is 12.2. The molecule has 1 aliphatic heterocycles. The monoisotopic (exact) mass is 390 g/mol. The Labute approximate surface area is 161 Å². The number of rotatable bonds is 7. The summed E-state index contributed by atoms with van der Waals surface area (Å²) in [6, 6.07) is 14.8. The van der Waals surface area contributed by atoms with Crippen molar-refractivity contribution in [2.24, 2.45) is 0 Å². The molecule has 0 saturated heterocycles. The molecule has 0 fully saturated rings. The summed E-state index contributed by atoms with van der Waals surface area (Å²) in [5.74, 6) is 1.05. The van der Waals surface area contributed by atoms with Gasteiger partial charge in [-0.1, -0.05) is 23.7 Å². The molecular formula is C19H19ClN2O3S. The third-order valence-corrected chi connectivity index (χ3v) is 5.18. The van der Waals surface area contributed by atoms with Gasteiger partial charge in [-0.2, -0.15) is 0 Å². The van der Waals surface area contributed by atoms with Crippen molar-refractivity contribution in [2.45, 2.75) is 11.3 Å². The van der Waals surface area contributed by atoms with E-state index in [0.29, 0.717) is 36.2 Å².